The number of nitrogens with one attached hydrogen (secondary N) is 1. The van der Waals surface area contributed by atoms with Crippen LogP contribution in [-0.4, -0.2) is 56.8 Å². The molecule has 0 bridgehead atoms. The van der Waals surface area contributed by atoms with Gasteiger partial charge in [-0.1, -0.05) is 56.3 Å². The van der Waals surface area contributed by atoms with Gasteiger partial charge in [0, 0.05) is 38.8 Å². The molecule has 0 aliphatic heterocycles. The van der Waals surface area contributed by atoms with Gasteiger partial charge in [0.2, 0.25) is 15.9 Å². The Bertz CT molecular complexity index is 922. The maximum absolute atomic E-state index is 12.5. The van der Waals surface area contributed by atoms with E-state index in [2.05, 4.69) is 22.3 Å². The molecule has 1 N–H and O–H groups in total. The monoisotopic (exact) mass is 429 g/mol. The molecular formula is C23H31N3O3S. The first kappa shape index (κ1) is 23.8. The van der Waals surface area contributed by atoms with Gasteiger partial charge in [0.05, 0.1) is 4.90 Å². The maximum Gasteiger partial charge on any atom is 0.244 e. The third-order valence-corrected chi connectivity index (χ3v) is 6.80. The van der Waals surface area contributed by atoms with Crippen LogP contribution in [0.3, 0.4) is 0 Å². The van der Waals surface area contributed by atoms with Crippen molar-refractivity contribution in [2.75, 3.05) is 33.2 Å². The number of hydrogen-bond acceptors (Lipinski definition) is 4. The number of sulfonamides is 1. The van der Waals surface area contributed by atoms with Crippen LogP contribution in [0.25, 0.3) is 6.08 Å². The van der Waals surface area contributed by atoms with Crippen molar-refractivity contribution in [1.82, 2.24) is 14.5 Å². The van der Waals surface area contributed by atoms with Crippen molar-refractivity contribution in [2.45, 2.75) is 25.3 Å². The zero-order valence-corrected chi connectivity index (χ0v) is 18.7. The van der Waals surface area contributed by atoms with Gasteiger partial charge >= 0.3 is 0 Å². The summed E-state index contributed by atoms with van der Waals surface area (Å²) in [7, 11) is -1.45. The second kappa shape index (κ2) is 11.6. The Labute approximate surface area is 180 Å². The van der Waals surface area contributed by atoms with Crippen molar-refractivity contribution in [3.05, 3.63) is 71.8 Å². The Morgan fingerprint density at radius 3 is 2.23 bits per heavy atom. The molecule has 0 radical (unpaired) electrons. The molecular weight excluding hydrogens is 398 g/mol. The Morgan fingerprint density at radius 1 is 1.00 bits per heavy atom. The van der Waals surface area contributed by atoms with Crippen molar-refractivity contribution in [3.8, 4) is 0 Å². The lowest BCUT2D eigenvalue weighted by Gasteiger charge is -2.18. The lowest BCUT2D eigenvalue weighted by atomic mass is 10.2. The number of likely N-dealkylation sites (N-methyl/N-ethyl adjacent to an activating group) is 1. The van der Waals surface area contributed by atoms with Gasteiger partial charge in [0.25, 0.3) is 0 Å². The summed E-state index contributed by atoms with van der Waals surface area (Å²) in [6, 6.07) is 16.7. The minimum atomic E-state index is -3.47. The summed E-state index contributed by atoms with van der Waals surface area (Å²) in [5.41, 5.74) is 2.00. The van der Waals surface area contributed by atoms with Gasteiger partial charge < -0.3 is 10.2 Å². The zero-order chi connectivity index (χ0) is 22.0. The van der Waals surface area contributed by atoms with Crippen molar-refractivity contribution in [2.24, 2.45) is 0 Å². The summed E-state index contributed by atoms with van der Waals surface area (Å²) < 4.78 is 26.4. The van der Waals surface area contributed by atoms with Gasteiger partial charge in [-0.05, 0) is 36.4 Å². The minimum Gasteiger partial charge on any atom is -0.351 e. The van der Waals surface area contributed by atoms with Crippen LogP contribution in [0.4, 0.5) is 0 Å². The molecule has 6 nitrogen and oxygen atoms in total. The molecule has 0 atom stereocenters. The summed E-state index contributed by atoms with van der Waals surface area (Å²) in [5.74, 6) is -0.178. The molecule has 0 aliphatic carbocycles. The average molecular weight is 430 g/mol. The fourth-order valence-electron chi connectivity index (χ4n) is 3.04. The first-order valence-corrected chi connectivity index (χ1v) is 11.6. The Morgan fingerprint density at radius 2 is 1.63 bits per heavy atom. The molecule has 2 aromatic carbocycles. The van der Waals surface area contributed by atoms with Crippen LogP contribution in [0.1, 0.15) is 25.0 Å². The minimum absolute atomic E-state index is 0.178. The predicted octanol–water partition coefficient (Wildman–Crippen LogP) is 2.98. The number of rotatable bonds is 11. The van der Waals surface area contributed by atoms with Gasteiger partial charge in [-0.3, -0.25) is 4.79 Å². The van der Waals surface area contributed by atoms with E-state index in [-0.39, 0.29) is 10.8 Å². The van der Waals surface area contributed by atoms with E-state index in [0.29, 0.717) is 19.6 Å². The predicted molar refractivity (Wildman–Crippen MR) is 121 cm³/mol. The van der Waals surface area contributed by atoms with E-state index in [1.165, 1.54) is 15.9 Å². The van der Waals surface area contributed by atoms with Crippen LogP contribution in [0.2, 0.25) is 0 Å². The normalized spacial score (nSPS) is 12.0. The van der Waals surface area contributed by atoms with E-state index < -0.39 is 10.0 Å². The first-order chi connectivity index (χ1) is 14.4. The van der Waals surface area contributed by atoms with Gasteiger partial charge in [-0.2, -0.15) is 4.31 Å². The second-order valence-electron chi connectivity index (χ2n) is 7.01. The van der Waals surface area contributed by atoms with Crippen LogP contribution in [0, 0.1) is 0 Å². The molecule has 0 unspecified atom stereocenters. The Kier molecular flexibility index (Phi) is 9.23. The quantitative estimate of drug-likeness (QED) is 0.558. The summed E-state index contributed by atoms with van der Waals surface area (Å²) in [4.78, 5) is 14.4. The van der Waals surface area contributed by atoms with Gasteiger partial charge in [-0.25, -0.2) is 8.42 Å². The van der Waals surface area contributed by atoms with E-state index in [9.17, 15) is 13.2 Å². The number of hydrogen-bond donors (Lipinski definition) is 1. The molecule has 7 heteroatoms. The highest BCUT2D eigenvalue weighted by atomic mass is 32.2. The molecule has 30 heavy (non-hydrogen) atoms. The standard InChI is InChI=1S/C23H31N3O3S/c1-4-26(5-2)30(28,29)22-14-11-20(12-15-22)13-16-23(27)24-17-18-25(3)19-21-9-7-6-8-10-21/h6-16H,4-5,17-19H2,1-3H3,(H,24,27)/b16-13+. The van der Waals surface area contributed by atoms with Crippen LogP contribution in [0.5, 0.6) is 0 Å². The SMILES string of the molecule is CCN(CC)S(=O)(=O)c1ccc(/C=C/C(=O)NCCN(C)Cc2ccccc2)cc1. The molecule has 0 fully saturated rings. The van der Waals surface area contributed by atoms with Crippen molar-refractivity contribution in [1.29, 1.82) is 0 Å². The number of carbonyl (C=O) groups excluding carboxylic acids is 1. The van der Waals surface area contributed by atoms with Crippen LogP contribution >= 0.6 is 0 Å². The van der Waals surface area contributed by atoms with Gasteiger partial charge in [-0.15, -0.1) is 0 Å². The van der Waals surface area contributed by atoms with E-state index in [1.807, 2.05) is 39.1 Å². The van der Waals surface area contributed by atoms with Crippen LogP contribution < -0.4 is 5.32 Å². The third kappa shape index (κ3) is 7.09. The summed E-state index contributed by atoms with van der Waals surface area (Å²) >= 11 is 0. The van der Waals surface area contributed by atoms with Gasteiger partial charge in [0.1, 0.15) is 0 Å². The highest BCUT2D eigenvalue weighted by molar-refractivity contribution is 7.89. The van der Waals surface area contributed by atoms with E-state index in [1.54, 1.807) is 30.3 Å². The first-order valence-electron chi connectivity index (χ1n) is 10.2. The molecule has 0 spiro atoms. The molecule has 0 heterocycles. The number of carbonyl (C=O) groups is 1. The molecule has 2 aromatic rings. The highest BCUT2D eigenvalue weighted by Gasteiger charge is 2.20. The highest BCUT2D eigenvalue weighted by Crippen LogP contribution is 2.16. The van der Waals surface area contributed by atoms with Crippen LogP contribution in [-0.2, 0) is 21.4 Å². The molecule has 0 aromatic heterocycles. The molecule has 0 saturated heterocycles. The lowest BCUT2D eigenvalue weighted by molar-refractivity contribution is -0.116. The zero-order valence-electron chi connectivity index (χ0n) is 17.9. The summed E-state index contributed by atoms with van der Waals surface area (Å²) in [5, 5.41) is 2.87. The van der Waals surface area contributed by atoms with Gasteiger partial charge in [0.15, 0.2) is 0 Å². The largest absolute Gasteiger partial charge is 0.351 e. The second-order valence-corrected chi connectivity index (χ2v) is 8.94. The fourth-order valence-corrected chi connectivity index (χ4v) is 4.50. The maximum atomic E-state index is 12.5. The molecule has 0 aliphatic rings. The lowest BCUT2D eigenvalue weighted by Crippen LogP contribution is -2.31. The van der Waals surface area contributed by atoms with Crippen molar-refractivity contribution >= 4 is 22.0 Å². The molecule has 162 valence electrons. The number of benzene rings is 2. The molecule has 2 rings (SSSR count). The summed E-state index contributed by atoms with van der Waals surface area (Å²) in [6.45, 7) is 6.62. The molecule has 1 amide bonds. The van der Waals surface area contributed by atoms with Crippen molar-refractivity contribution in [3.63, 3.8) is 0 Å². The number of amides is 1. The topological polar surface area (TPSA) is 69.7 Å². The average Bonchev–Trinajstić information content (AvgIpc) is 2.74. The summed E-state index contributed by atoms with van der Waals surface area (Å²) in [6.07, 6.45) is 3.14. The van der Waals surface area contributed by atoms with E-state index in [4.69, 9.17) is 0 Å². The molecule has 0 saturated carbocycles. The van der Waals surface area contributed by atoms with Crippen LogP contribution in [0.15, 0.2) is 65.6 Å². The number of nitrogens with zero attached hydrogens (tertiary/aromatic N) is 2. The Balaban J connectivity index is 1.82. The van der Waals surface area contributed by atoms with E-state index >= 15 is 0 Å². The third-order valence-electron chi connectivity index (χ3n) is 4.74. The van der Waals surface area contributed by atoms with Crippen molar-refractivity contribution < 1.29 is 13.2 Å². The Hall–Kier alpha value is -2.48. The van der Waals surface area contributed by atoms with E-state index in [0.717, 1.165) is 18.7 Å². The fraction of sp³-hybridized carbons (Fsp3) is 0.348. The smallest absolute Gasteiger partial charge is 0.244 e.